The van der Waals surface area contributed by atoms with Crippen molar-refractivity contribution in [1.29, 1.82) is 0 Å². The predicted octanol–water partition coefficient (Wildman–Crippen LogP) is 4.04. The Bertz CT molecular complexity index is 899. The van der Waals surface area contributed by atoms with Crippen LogP contribution in [0.4, 0.5) is 5.69 Å². The maximum absolute atomic E-state index is 12.4. The van der Waals surface area contributed by atoms with Crippen LogP contribution in [0.1, 0.15) is 5.56 Å². The predicted molar refractivity (Wildman–Crippen MR) is 88.0 cm³/mol. The van der Waals surface area contributed by atoms with Crippen molar-refractivity contribution in [2.45, 2.75) is 11.8 Å². The summed E-state index contributed by atoms with van der Waals surface area (Å²) in [5.74, 6) is 0. The van der Waals surface area contributed by atoms with Crippen LogP contribution in [0.15, 0.2) is 58.0 Å². The fourth-order valence-electron chi connectivity index (χ4n) is 2.13. The van der Waals surface area contributed by atoms with Crippen molar-refractivity contribution in [3.63, 3.8) is 0 Å². The van der Waals surface area contributed by atoms with Gasteiger partial charge in [-0.05, 0) is 53.2 Å². The quantitative estimate of drug-likeness (QED) is 0.736. The minimum absolute atomic E-state index is 0.250. The van der Waals surface area contributed by atoms with Crippen LogP contribution in [0.3, 0.4) is 0 Å². The topological polar surface area (TPSA) is 62.0 Å². The van der Waals surface area contributed by atoms with Gasteiger partial charge >= 0.3 is 0 Å². The first kappa shape index (κ1) is 14.2. The number of aryl methyl sites for hydroxylation is 1. The van der Waals surface area contributed by atoms with Gasteiger partial charge in [0.25, 0.3) is 10.0 Å². The lowest BCUT2D eigenvalue weighted by molar-refractivity contribution is 0.601. The zero-order chi connectivity index (χ0) is 15.0. The van der Waals surface area contributed by atoms with Gasteiger partial charge in [0.1, 0.15) is 0 Å². The first-order valence-corrected chi connectivity index (χ1v) is 8.60. The molecule has 0 atom stereocenters. The van der Waals surface area contributed by atoms with E-state index in [2.05, 4.69) is 25.6 Å². The third-order valence-corrected chi connectivity index (χ3v) is 5.29. The van der Waals surface area contributed by atoms with Gasteiger partial charge in [-0.2, -0.15) is 0 Å². The number of hydrogen-bond acceptors (Lipinski definition) is 2. The number of benzene rings is 2. The molecule has 0 fully saturated rings. The first-order chi connectivity index (χ1) is 9.97. The molecule has 21 heavy (non-hydrogen) atoms. The highest BCUT2D eigenvalue weighted by molar-refractivity contribution is 9.10. The van der Waals surface area contributed by atoms with E-state index in [1.807, 2.05) is 19.1 Å². The van der Waals surface area contributed by atoms with Gasteiger partial charge in [0, 0.05) is 16.1 Å². The van der Waals surface area contributed by atoms with E-state index < -0.39 is 10.0 Å². The van der Waals surface area contributed by atoms with Gasteiger partial charge in [0.05, 0.1) is 16.1 Å². The van der Waals surface area contributed by atoms with Crippen LogP contribution in [-0.2, 0) is 10.0 Å². The SMILES string of the molecule is Cc1ccc(S(=O)(=O)Nc2ccc(Br)c3[nH]ccc23)cc1. The Morgan fingerprint density at radius 1 is 1.05 bits per heavy atom. The second-order valence-electron chi connectivity index (χ2n) is 4.78. The van der Waals surface area contributed by atoms with E-state index in [9.17, 15) is 8.42 Å². The number of H-pyrrole nitrogens is 1. The molecule has 0 aliphatic heterocycles. The number of nitrogens with one attached hydrogen (secondary N) is 2. The van der Waals surface area contributed by atoms with Crippen LogP contribution in [0.2, 0.25) is 0 Å². The van der Waals surface area contributed by atoms with Gasteiger partial charge in [0.15, 0.2) is 0 Å². The van der Waals surface area contributed by atoms with Crippen molar-refractivity contribution in [1.82, 2.24) is 4.98 Å². The molecule has 1 heterocycles. The number of halogens is 1. The third kappa shape index (κ3) is 2.69. The monoisotopic (exact) mass is 364 g/mol. The minimum Gasteiger partial charge on any atom is -0.360 e. The third-order valence-electron chi connectivity index (χ3n) is 3.25. The fourth-order valence-corrected chi connectivity index (χ4v) is 3.67. The average molecular weight is 365 g/mol. The number of anilines is 1. The molecule has 0 aliphatic rings. The van der Waals surface area contributed by atoms with E-state index >= 15 is 0 Å². The van der Waals surface area contributed by atoms with E-state index in [1.54, 1.807) is 36.5 Å². The summed E-state index contributed by atoms with van der Waals surface area (Å²) in [6.45, 7) is 1.92. The molecule has 0 bridgehead atoms. The molecule has 0 aliphatic carbocycles. The molecule has 0 radical (unpaired) electrons. The molecule has 0 spiro atoms. The van der Waals surface area contributed by atoms with Crippen molar-refractivity contribution in [3.8, 4) is 0 Å². The van der Waals surface area contributed by atoms with Gasteiger partial charge in [-0.1, -0.05) is 17.7 Å². The number of hydrogen-bond donors (Lipinski definition) is 2. The summed E-state index contributed by atoms with van der Waals surface area (Å²) in [7, 11) is -3.59. The lowest BCUT2D eigenvalue weighted by Crippen LogP contribution is -2.13. The summed E-state index contributed by atoms with van der Waals surface area (Å²) in [6, 6.07) is 12.2. The van der Waals surface area contributed by atoms with Crippen LogP contribution in [0.25, 0.3) is 10.9 Å². The van der Waals surface area contributed by atoms with Crippen LogP contribution in [-0.4, -0.2) is 13.4 Å². The molecule has 0 saturated carbocycles. The van der Waals surface area contributed by atoms with Crippen molar-refractivity contribution < 1.29 is 8.42 Å². The summed E-state index contributed by atoms with van der Waals surface area (Å²) in [5.41, 5.74) is 2.43. The molecule has 2 N–H and O–H groups in total. The molecule has 4 nitrogen and oxygen atoms in total. The van der Waals surface area contributed by atoms with Gasteiger partial charge in [-0.25, -0.2) is 8.42 Å². The summed E-state index contributed by atoms with van der Waals surface area (Å²) in [4.78, 5) is 3.33. The zero-order valence-corrected chi connectivity index (χ0v) is 13.6. The normalized spacial score (nSPS) is 11.7. The Morgan fingerprint density at radius 3 is 2.48 bits per heavy atom. The molecule has 0 saturated heterocycles. The summed E-state index contributed by atoms with van der Waals surface area (Å²) in [6.07, 6.45) is 1.78. The second-order valence-corrected chi connectivity index (χ2v) is 7.32. The Kier molecular flexibility index (Phi) is 3.51. The molecule has 2 aromatic carbocycles. The highest BCUT2D eigenvalue weighted by Gasteiger charge is 2.16. The summed E-state index contributed by atoms with van der Waals surface area (Å²) in [5, 5.41) is 0.820. The molecule has 6 heteroatoms. The van der Waals surface area contributed by atoms with E-state index in [1.165, 1.54) is 0 Å². The van der Waals surface area contributed by atoms with Crippen molar-refractivity contribution >= 4 is 42.5 Å². The maximum atomic E-state index is 12.4. The van der Waals surface area contributed by atoms with E-state index in [4.69, 9.17) is 0 Å². The molecule has 108 valence electrons. The van der Waals surface area contributed by atoms with Crippen LogP contribution < -0.4 is 4.72 Å². The maximum Gasteiger partial charge on any atom is 0.261 e. The Morgan fingerprint density at radius 2 is 1.76 bits per heavy atom. The highest BCUT2D eigenvalue weighted by atomic mass is 79.9. The van der Waals surface area contributed by atoms with Gasteiger partial charge in [-0.15, -0.1) is 0 Å². The summed E-state index contributed by atoms with van der Waals surface area (Å²) < 4.78 is 28.4. The molecule has 0 amide bonds. The number of sulfonamides is 1. The highest BCUT2D eigenvalue weighted by Crippen LogP contribution is 2.30. The summed E-state index contributed by atoms with van der Waals surface area (Å²) >= 11 is 3.43. The van der Waals surface area contributed by atoms with Crippen LogP contribution >= 0.6 is 15.9 Å². The smallest absolute Gasteiger partial charge is 0.261 e. The minimum atomic E-state index is -3.59. The van der Waals surface area contributed by atoms with Crippen molar-refractivity contribution in [2.75, 3.05) is 4.72 Å². The van der Waals surface area contributed by atoms with Gasteiger partial charge < -0.3 is 4.98 Å². The number of fused-ring (bicyclic) bond motifs is 1. The standard InChI is InChI=1S/C15H13BrN2O2S/c1-10-2-4-11(5-3-10)21(19,20)18-14-7-6-13(16)15-12(14)8-9-17-15/h2-9,17-18H,1H3. The molecular formula is C15H13BrN2O2S. The lowest BCUT2D eigenvalue weighted by Gasteiger charge is -2.10. The number of aromatic amines is 1. The molecule has 3 aromatic rings. The van der Waals surface area contributed by atoms with Crippen molar-refractivity contribution in [2.24, 2.45) is 0 Å². The van der Waals surface area contributed by atoms with Crippen molar-refractivity contribution in [3.05, 3.63) is 58.7 Å². The lowest BCUT2D eigenvalue weighted by atomic mass is 10.2. The van der Waals surface area contributed by atoms with Crippen LogP contribution in [0.5, 0.6) is 0 Å². The number of rotatable bonds is 3. The second kappa shape index (κ2) is 5.20. The van der Waals surface area contributed by atoms with Crippen LogP contribution in [0, 0.1) is 6.92 Å². The molecular weight excluding hydrogens is 352 g/mol. The zero-order valence-electron chi connectivity index (χ0n) is 11.2. The van der Waals surface area contributed by atoms with E-state index in [0.717, 1.165) is 20.9 Å². The molecule has 1 aromatic heterocycles. The first-order valence-electron chi connectivity index (χ1n) is 6.32. The Hall–Kier alpha value is -1.79. The fraction of sp³-hybridized carbons (Fsp3) is 0.0667. The van der Waals surface area contributed by atoms with E-state index in [-0.39, 0.29) is 4.90 Å². The molecule has 3 rings (SSSR count). The Balaban J connectivity index is 2.03. The largest absolute Gasteiger partial charge is 0.360 e. The van der Waals surface area contributed by atoms with Gasteiger partial charge in [0.2, 0.25) is 0 Å². The molecule has 0 unspecified atom stereocenters. The Labute approximate surface area is 131 Å². The average Bonchev–Trinajstić information content (AvgIpc) is 2.93. The van der Waals surface area contributed by atoms with E-state index in [0.29, 0.717) is 5.69 Å². The van der Waals surface area contributed by atoms with Gasteiger partial charge in [-0.3, -0.25) is 4.72 Å². The number of aromatic nitrogens is 1.